The van der Waals surface area contributed by atoms with Crippen molar-refractivity contribution in [3.05, 3.63) is 125 Å². The maximum absolute atomic E-state index is 13.8. The van der Waals surface area contributed by atoms with E-state index in [-0.39, 0.29) is 5.52 Å². The molecule has 0 aliphatic heterocycles. The number of methoxy groups -OCH3 is 1. The van der Waals surface area contributed by atoms with Crippen LogP contribution in [0.5, 0.6) is 0 Å². The highest BCUT2D eigenvalue weighted by Crippen LogP contribution is 2.38. The molecule has 0 N–H and O–H groups in total. The number of carbonyl (C=O) groups excluding carboxylic acids is 1. The molecule has 4 aromatic carbocycles. The molecule has 0 bridgehead atoms. The number of alkyl halides is 3. The van der Waals surface area contributed by atoms with E-state index in [4.69, 9.17) is 4.74 Å². The van der Waals surface area contributed by atoms with Crippen LogP contribution in [0.3, 0.4) is 0 Å². The molecular formula is C30H23F3N2O2. The Morgan fingerprint density at radius 3 is 2.24 bits per heavy atom. The summed E-state index contributed by atoms with van der Waals surface area (Å²) in [7, 11) is 1.34. The van der Waals surface area contributed by atoms with Crippen molar-refractivity contribution >= 4 is 16.9 Å². The molecule has 0 atom stereocenters. The van der Waals surface area contributed by atoms with Gasteiger partial charge < -0.3 is 4.74 Å². The fraction of sp³-hybridized carbons (Fsp3) is 0.133. The van der Waals surface area contributed by atoms with E-state index >= 15 is 0 Å². The Morgan fingerprint density at radius 1 is 0.838 bits per heavy atom. The lowest BCUT2D eigenvalue weighted by atomic mass is 9.99. The molecule has 0 aliphatic rings. The summed E-state index contributed by atoms with van der Waals surface area (Å²) in [5.74, 6) is -0.394. The molecular weight excluding hydrogens is 477 g/mol. The van der Waals surface area contributed by atoms with Gasteiger partial charge in [-0.15, -0.1) is 0 Å². The minimum absolute atomic E-state index is 0.0652. The number of ether oxygens (including phenoxy) is 1. The number of halogens is 3. The largest absolute Gasteiger partial charge is 0.465 e. The van der Waals surface area contributed by atoms with Gasteiger partial charge in [-0.05, 0) is 41.3 Å². The molecule has 5 aromatic rings. The van der Waals surface area contributed by atoms with E-state index in [1.807, 2.05) is 66.7 Å². The first-order valence-corrected chi connectivity index (χ1v) is 11.7. The second-order valence-corrected chi connectivity index (χ2v) is 8.76. The average Bonchev–Trinajstić information content (AvgIpc) is 3.26. The van der Waals surface area contributed by atoms with Gasteiger partial charge in [0.1, 0.15) is 5.52 Å². The van der Waals surface area contributed by atoms with E-state index in [1.54, 1.807) is 22.9 Å². The maximum Gasteiger partial charge on any atom is 0.418 e. The van der Waals surface area contributed by atoms with Crippen molar-refractivity contribution in [2.24, 2.45) is 0 Å². The normalized spacial score (nSPS) is 11.6. The van der Waals surface area contributed by atoms with E-state index in [2.05, 4.69) is 5.10 Å². The van der Waals surface area contributed by atoms with Crippen LogP contribution in [-0.4, -0.2) is 22.9 Å². The summed E-state index contributed by atoms with van der Waals surface area (Å²) in [6.45, 7) is 0.338. The predicted octanol–water partition coefficient (Wildman–Crippen LogP) is 7.15. The van der Waals surface area contributed by atoms with Gasteiger partial charge in [-0.3, -0.25) is 4.68 Å². The summed E-state index contributed by atoms with van der Waals surface area (Å²) in [5.41, 5.74) is 3.95. The third-order valence-electron chi connectivity index (χ3n) is 6.23. The molecule has 0 saturated carbocycles. The van der Waals surface area contributed by atoms with E-state index in [0.717, 1.165) is 28.3 Å². The number of hydrogen-bond acceptors (Lipinski definition) is 3. The molecule has 37 heavy (non-hydrogen) atoms. The van der Waals surface area contributed by atoms with E-state index in [0.29, 0.717) is 29.6 Å². The van der Waals surface area contributed by atoms with E-state index in [1.165, 1.54) is 13.2 Å². The molecule has 0 saturated heterocycles. The van der Waals surface area contributed by atoms with Crippen LogP contribution in [-0.2, 0) is 23.9 Å². The number of aromatic nitrogens is 2. The van der Waals surface area contributed by atoms with Crippen LogP contribution in [0.25, 0.3) is 22.2 Å². The van der Waals surface area contributed by atoms with Gasteiger partial charge in [0, 0.05) is 10.9 Å². The van der Waals surface area contributed by atoms with Gasteiger partial charge in [-0.25, -0.2) is 4.79 Å². The van der Waals surface area contributed by atoms with E-state index < -0.39 is 17.7 Å². The molecule has 0 spiro atoms. The van der Waals surface area contributed by atoms with Crippen molar-refractivity contribution in [3.8, 4) is 11.3 Å². The topological polar surface area (TPSA) is 44.1 Å². The molecule has 1 heterocycles. The molecule has 5 rings (SSSR count). The minimum atomic E-state index is -4.51. The lowest BCUT2D eigenvalue weighted by Gasteiger charge is -2.10. The standard InChI is InChI=1S/C30H23F3N2O2/c1-37-29(36)24-10-5-9-22(18-24)17-20-13-15-23(16-14-20)28-25-11-6-12-26(30(31,32)33)27(25)34-35(28)19-21-7-3-2-4-8-21/h2-16,18H,17,19H2,1H3. The highest BCUT2D eigenvalue weighted by molar-refractivity contribution is 5.95. The minimum Gasteiger partial charge on any atom is -0.465 e. The van der Waals surface area contributed by atoms with Crippen LogP contribution in [0.2, 0.25) is 0 Å². The van der Waals surface area contributed by atoms with Crippen LogP contribution >= 0.6 is 0 Å². The first kappa shape index (κ1) is 24.3. The Labute approximate surface area is 211 Å². The quantitative estimate of drug-likeness (QED) is 0.233. The first-order valence-electron chi connectivity index (χ1n) is 11.7. The van der Waals surface area contributed by atoms with Crippen LogP contribution in [0.15, 0.2) is 97.1 Å². The molecule has 0 radical (unpaired) electrons. The summed E-state index contributed by atoms with van der Waals surface area (Å²) >= 11 is 0. The van der Waals surface area contributed by atoms with E-state index in [9.17, 15) is 18.0 Å². The Balaban J connectivity index is 1.54. The summed E-state index contributed by atoms with van der Waals surface area (Å²) in [6, 6.07) is 28.6. The highest BCUT2D eigenvalue weighted by Gasteiger charge is 2.34. The third kappa shape index (κ3) is 5.11. The van der Waals surface area contributed by atoms with Gasteiger partial charge in [0.05, 0.1) is 30.5 Å². The summed E-state index contributed by atoms with van der Waals surface area (Å²) in [4.78, 5) is 11.8. The van der Waals surface area contributed by atoms with Crippen LogP contribution in [0, 0.1) is 0 Å². The van der Waals surface area contributed by atoms with Gasteiger partial charge in [0.15, 0.2) is 0 Å². The fourth-order valence-electron chi connectivity index (χ4n) is 4.50. The lowest BCUT2D eigenvalue weighted by Crippen LogP contribution is -2.06. The molecule has 0 aliphatic carbocycles. The predicted molar refractivity (Wildman–Crippen MR) is 136 cm³/mol. The second-order valence-electron chi connectivity index (χ2n) is 8.76. The van der Waals surface area contributed by atoms with Gasteiger partial charge in [0.2, 0.25) is 0 Å². The summed E-state index contributed by atoms with van der Waals surface area (Å²) < 4.78 is 47.8. The van der Waals surface area contributed by atoms with Gasteiger partial charge in [0.25, 0.3) is 0 Å². The lowest BCUT2D eigenvalue weighted by molar-refractivity contribution is -0.136. The van der Waals surface area contributed by atoms with Crippen LogP contribution in [0.4, 0.5) is 13.2 Å². The number of esters is 1. The molecule has 186 valence electrons. The highest BCUT2D eigenvalue weighted by atomic mass is 19.4. The van der Waals surface area contributed by atoms with Crippen molar-refractivity contribution in [2.75, 3.05) is 7.11 Å². The fourth-order valence-corrected chi connectivity index (χ4v) is 4.50. The number of fused-ring (bicyclic) bond motifs is 1. The van der Waals surface area contributed by atoms with Gasteiger partial charge >= 0.3 is 12.1 Å². The molecule has 0 unspecified atom stereocenters. The molecule has 4 nitrogen and oxygen atoms in total. The number of nitrogens with zero attached hydrogens (tertiary/aromatic N) is 2. The zero-order chi connectivity index (χ0) is 26.0. The molecule has 1 aromatic heterocycles. The Hall–Kier alpha value is -4.39. The smallest absolute Gasteiger partial charge is 0.418 e. The number of benzene rings is 4. The number of carbonyl (C=O) groups is 1. The third-order valence-corrected chi connectivity index (χ3v) is 6.23. The van der Waals surface area contributed by atoms with Crippen LogP contribution < -0.4 is 0 Å². The van der Waals surface area contributed by atoms with Crippen molar-refractivity contribution in [1.29, 1.82) is 0 Å². The monoisotopic (exact) mass is 500 g/mol. The van der Waals surface area contributed by atoms with Gasteiger partial charge in [-0.1, -0.05) is 78.9 Å². The zero-order valence-corrected chi connectivity index (χ0v) is 20.0. The zero-order valence-electron chi connectivity index (χ0n) is 20.0. The Kier molecular flexibility index (Phi) is 6.53. The van der Waals surface area contributed by atoms with Gasteiger partial charge in [-0.2, -0.15) is 18.3 Å². The van der Waals surface area contributed by atoms with Crippen molar-refractivity contribution in [3.63, 3.8) is 0 Å². The second kappa shape index (κ2) is 9.93. The number of rotatable bonds is 6. The van der Waals surface area contributed by atoms with Crippen molar-refractivity contribution in [2.45, 2.75) is 19.1 Å². The average molecular weight is 501 g/mol. The first-order chi connectivity index (χ1) is 17.8. The molecule has 7 heteroatoms. The summed E-state index contributed by atoms with van der Waals surface area (Å²) in [5, 5.41) is 4.88. The SMILES string of the molecule is COC(=O)c1cccc(Cc2ccc(-c3c4cccc(C(F)(F)F)c4nn3Cc3ccccc3)cc2)c1. The van der Waals surface area contributed by atoms with Crippen LogP contribution in [0.1, 0.15) is 32.6 Å². The van der Waals surface area contributed by atoms with Crippen molar-refractivity contribution in [1.82, 2.24) is 9.78 Å². The van der Waals surface area contributed by atoms with Crippen molar-refractivity contribution < 1.29 is 22.7 Å². The maximum atomic E-state index is 13.8. The molecule has 0 amide bonds. The summed E-state index contributed by atoms with van der Waals surface area (Å²) in [6.07, 6.45) is -3.92. The Bertz CT molecular complexity index is 1560. The Morgan fingerprint density at radius 2 is 1.54 bits per heavy atom. The molecule has 0 fully saturated rings. The number of hydrogen-bond donors (Lipinski definition) is 0.